The fourth-order valence-corrected chi connectivity index (χ4v) is 2.04. The molecule has 0 spiro atoms. The summed E-state index contributed by atoms with van der Waals surface area (Å²) in [5.74, 6) is -0.353. The van der Waals surface area contributed by atoms with Crippen LogP contribution in [0.5, 0.6) is 0 Å². The van der Waals surface area contributed by atoms with Crippen LogP contribution in [0.2, 0.25) is 0 Å². The van der Waals surface area contributed by atoms with Gasteiger partial charge in [0, 0.05) is 19.2 Å². The third-order valence-electron chi connectivity index (χ3n) is 3.20. The molecule has 1 aliphatic rings. The van der Waals surface area contributed by atoms with Crippen LogP contribution in [0, 0.1) is 5.82 Å². The highest BCUT2D eigenvalue weighted by Gasteiger charge is 2.16. The van der Waals surface area contributed by atoms with E-state index in [4.69, 9.17) is 10.5 Å². The molecule has 4 heteroatoms. The molecule has 0 aliphatic carbocycles. The maximum absolute atomic E-state index is 13.3. The number of hydrogen-bond donors (Lipinski definition) is 2. The van der Waals surface area contributed by atoms with E-state index < -0.39 is 0 Å². The number of anilines is 1. The van der Waals surface area contributed by atoms with Gasteiger partial charge in [-0.3, -0.25) is 0 Å². The Balaban J connectivity index is 1.89. The average Bonchev–Trinajstić information content (AvgIpc) is 2.82. The second-order valence-corrected chi connectivity index (χ2v) is 4.55. The second kappa shape index (κ2) is 5.47. The number of nitrogens with two attached hydrogens (primary N) is 1. The zero-order chi connectivity index (χ0) is 12.3. The van der Waals surface area contributed by atoms with Gasteiger partial charge in [0.15, 0.2) is 0 Å². The van der Waals surface area contributed by atoms with Crippen molar-refractivity contribution < 1.29 is 9.13 Å². The Hall–Kier alpha value is -1.13. The Morgan fingerprint density at radius 2 is 2.41 bits per heavy atom. The highest BCUT2D eigenvalue weighted by molar-refractivity contribution is 5.41. The Morgan fingerprint density at radius 1 is 1.59 bits per heavy atom. The van der Waals surface area contributed by atoms with Crippen LogP contribution in [0.4, 0.5) is 10.1 Å². The normalized spacial score (nSPS) is 21.6. The minimum absolute atomic E-state index is 0.106. The molecular formula is C13H19FN2O. The van der Waals surface area contributed by atoms with Crippen LogP contribution in [0.15, 0.2) is 18.2 Å². The van der Waals surface area contributed by atoms with Crippen LogP contribution in [-0.2, 0) is 4.74 Å². The molecule has 1 aromatic carbocycles. The third-order valence-corrected chi connectivity index (χ3v) is 3.20. The molecule has 17 heavy (non-hydrogen) atoms. The molecule has 1 fully saturated rings. The van der Waals surface area contributed by atoms with E-state index in [0.717, 1.165) is 31.6 Å². The summed E-state index contributed by atoms with van der Waals surface area (Å²) in [5.41, 5.74) is 6.55. The Labute approximate surface area is 101 Å². The van der Waals surface area contributed by atoms with Gasteiger partial charge in [0.2, 0.25) is 0 Å². The highest BCUT2D eigenvalue weighted by Crippen LogP contribution is 2.19. The van der Waals surface area contributed by atoms with Gasteiger partial charge in [-0.1, -0.05) is 6.07 Å². The standard InChI is InChI=1S/C13H19FN2O/c1-9(16-8-11-3-2-6-17-11)10-4-5-13(15)12(14)7-10/h4-5,7,9,11,16H,2-3,6,8,15H2,1H3/t9-,11+/m0/s1. The lowest BCUT2D eigenvalue weighted by Gasteiger charge is -2.17. The predicted octanol–water partition coefficient (Wildman–Crippen LogP) is 2.24. The molecule has 1 aromatic rings. The first-order valence-electron chi connectivity index (χ1n) is 6.06. The van der Waals surface area contributed by atoms with Crippen molar-refractivity contribution in [2.24, 2.45) is 0 Å². The number of halogens is 1. The molecule has 2 atom stereocenters. The lowest BCUT2D eigenvalue weighted by atomic mass is 10.1. The van der Waals surface area contributed by atoms with Gasteiger partial charge in [0.1, 0.15) is 5.82 Å². The minimum Gasteiger partial charge on any atom is -0.396 e. The summed E-state index contributed by atoms with van der Waals surface area (Å²) >= 11 is 0. The molecule has 3 N–H and O–H groups in total. The number of ether oxygens (including phenoxy) is 1. The van der Waals surface area contributed by atoms with Crippen LogP contribution >= 0.6 is 0 Å². The molecule has 0 saturated carbocycles. The molecule has 0 radical (unpaired) electrons. The van der Waals surface area contributed by atoms with Crippen LogP contribution in [-0.4, -0.2) is 19.3 Å². The summed E-state index contributed by atoms with van der Waals surface area (Å²) in [6.45, 7) is 3.68. The minimum atomic E-state index is -0.353. The fraction of sp³-hybridized carbons (Fsp3) is 0.538. The third kappa shape index (κ3) is 3.17. The van der Waals surface area contributed by atoms with Crippen LogP contribution < -0.4 is 11.1 Å². The van der Waals surface area contributed by atoms with Crippen molar-refractivity contribution in [2.45, 2.75) is 31.9 Å². The zero-order valence-corrected chi connectivity index (χ0v) is 10.1. The molecule has 0 amide bonds. The average molecular weight is 238 g/mol. The quantitative estimate of drug-likeness (QED) is 0.791. The Kier molecular flexibility index (Phi) is 3.97. The van der Waals surface area contributed by atoms with Gasteiger partial charge in [0.25, 0.3) is 0 Å². The van der Waals surface area contributed by atoms with Gasteiger partial charge >= 0.3 is 0 Å². The lowest BCUT2D eigenvalue weighted by Crippen LogP contribution is -2.28. The zero-order valence-electron chi connectivity index (χ0n) is 10.1. The van der Waals surface area contributed by atoms with Crippen molar-refractivity contribution in [3.63, 3.8) is 0 Å². The van der Waals surface area contributed by atoms with E-state index in [-0.39, 0.29) is 17.5 Å². The number of benzene rings is 1. The van der Waals surface area contributed by atoms with Crippen molar-refractivity contribution in [3.05, 3.63) is 29.6 Å². The van der Waals surface area contributed by atoms with E-state index in [1.54, 1.807) is 6.07 Å². The van der Waals surface area contributed by atoms with E-state index in [1.807, 2.05) is 13.0 Å². The molecule has 0 bridgehead atoms. The van der Waals surface area contributed by atoms with Crippen molar-refractivity contribution in [1.29, 1.82) is 0 Å². The Bertz CT molecular complexity index is 378. The number of hydrogen-bond acceptors (Lipinski definition) is 3. The number of nitrogen functional groups attached to an aromatic ring is 1. The first-order valence-corrected chi connectivity index (χ1v) is 6.06. The molecule has 3 nitrogen and oxygen atoms in total. The molecule has 0 unspecified atom stereocenters. The highest BCUT2D eigenvalue weighted by atomic mass is 19.1. The molecule has 94 valence electrons. The van der Waals surface area contributed by atoms with Crippen molar-refractivity contribution >= 4 is 5.69 Å². The molecule has 2 rings (SSSR count). The smallest absolute Gasteiger partial charge is 0.146 e. The predicted molar refractivity (Wildman–Crippen MR) is 66.2 cm³/mol. The molecule has 1 saturated heterocycles. The van der Waals surface area contributed by atoms with Crippen molar-refractivity contribution in [2.75, 3.05) is 18.9 Å². The lowest BCUT2D eigenvalue weighted by molar-refractivity contribution is 0.108. The molecule has 1 heterocycles. The van der Waals surface area contributed by atoms with E-state index in [1.165, 1.54) is 6.07 Å². The van der Waals surface area contributed by atoms with E-state index >= 15 is 0 Å². The summed E-state index contributed by atoms with van der Waals surface area (Å²) < 4.78 is 18.8. The van der Waals surface area contributed by atoms with Gasteiger partial charge in [-0.05, 0) is 37.5 Å². The Morgan fingerprint density at radius 3 is 3.06 bits per heavy atom. The van der Waals surface area contributed by atoms with Crippen LogP contribution in [0.1, 0.15) is 31.4 Å². The summed E-state index contributed by atoms with van der Waals surface area (Å²) in [5, 5.41) is 3.36. The summed E-state index contributed by atoms with van der Waals surface area (Å²) in [6, 6.07) is 5.05. The monoisotopic (exact) mass is 238 g/mol. The van der Waals surface area contributed by atoms with Gasteiger partial charge < -0.3 is 15.8 Å². The van der Waals surface area contributed by atoms with Gasteiger partial charge in [-0.25, -0.2) is 4.39 Å². The van der Waals surface area contributed by atoms with Gasteiger partial charge in [-0.15, -0.1) is 0 Å². The SMILES string of the molecule is C[C@H](NC[C@H]1CCCO1)c1ccc(N)c(F)c1. The summed E-state index contributed by atoms with van der Waals surface area (Å²) in [4.78, 5) is 0. The summed E-state index contributed by atoms with van der Waals surface area (Å²) in [6.07, 6.45) is 2.55. The molecule has 1 aliphatic heterocycles. The number of nitrogens with one attached hydrogen (secondary N) is 1. The van der Waals surface area contributed by atoms with E-state index in [0.29, 0.717) is 6.10 Å². The topological polar surface area (TPSA) is 47.3 Å². The summed E-state index contributed by atoms with van der Waals surface area (Å²) in [7, 11) is 0. The maximum Gasteiger partial charge on any atom is 0.146 e. The molecular weight excluding hydrogens is 219 g/mol. The molecule has 0 aromatic heterocycles. The van der Waals surface area contributed by atoms with Crippen LogP contribution in [0.3, 0.4) is 0 Å². The fourth-order valence-electron chi connectivity index (χ4n) is 2.04. The first kappa shape index (κ1) is 12.3. The second-order valence-electron chi connectivity index (χ2n) is 4.55. The maximum atomic E-state index is 13.3. The first-order chi connectivity index (χ1) is 8.16. The number of rotatable bonds is 4. The van der Waals surface area contributed by atoms with Crippen molar-refractivity contribution in [3.8, 4) is 0 Å². The van der Waals surface area contributed by atoms with Crippen LogP contribution in [0.25, 0.3) is 0 Å². The van der Waals surface area contributed by atoms with E-state index in [2.05, 4.69) is 5.32 Å². The van der Waals surface area contributed by atoms with Crippen molar-refractivity contribution in [1.82, 2.24) is 5.32 Å². The van der Waals surface area contributed by atoms with Gasteiger partial charge in [0.05, 0.1) is 11.8 Å². The largest absolute Gasteiger partial charge is 0.396 e. The van der Waals surface area contributed by atoms with Gasteiger partial charge in [-0.2, -0.15) is 0 Å². The van der Waals surface area contributed by atoms with E-state index in [9.17, 15) is 4.39 Å².